The third kappa shape index (κ3) is 40.9. The molecule has 172 valence electrons. The van der Waals surface area contributed by atoms with E-state index in [-0.39, 0.29) is 0 Å². The highest BCUT2D eigenvalue weighted by Crippen LogP contribution is 2.25. The summed E-state index contributed by atoms with van der Waals surface area (Å²) < 4.78 is 14.6. The zero-order valence-electron chi connectivity index (χ0n) is 17.9. The van der Waals surface area contributed by atoms with Gasteiger partial charge in [-0.25, -0.2) is 4.57 Å². The smallest absolute Gasteiger partial charge is 0.396 e. The second-order valence-corrected chi connectivity index (χ2v) is 9.31. The summed E-state index contributed by atoms with van der Waals surface area (Å²) >= 11 is 1.99. The van der Waals surface area contributed by atoms with Crippen molar-refractivity contribution in [1.29, 1.82) is 0 Å². The minimum Gasteiger partial charge on any atom is -0.396 e. The first-order valence-electron chi connectivity index (χ1n) is 11.0. The van der Waals surface area contributed by atoms with Gasteiger partial charge in [0.15, 0.2) is 0 Å². The normalized spacial score (nSPS) is 11.3. The van der Waals surface area contributed by atoms with Crippen LogP contribution < -0.4 is 0 Å². The standard InChI is InChI=1S/C20H42O2S.H3O4P/c1-2-3-4-12-17-22-18-13-10-8-6-5-7-9-11-14-19-23-20-15-16-21;1-5(2,3)4/h21H,2-20H2,1H3;(H3,1,2,3,4). The molecule has 0 aliphatic carbocycles. The molecule has 0 aromatic carbocycles. The summed E-state index contributed by atoms with van der Waals surface area (Å²) in [5.41, 5.74) is 0. The first-order valence-corrected chi connectivity index (χ1v) is 13.7. The number of hydrogen-bond acceptors (Lipinski definition) is 4. The Kier molecular flexibility index (Phi) is 27.8. The minimum absolute atomic E-state index is 0.345. The molecule has 0 spiro atoms. The van der Waals surface area contributed by atoms with Crippen LogP contribution in [0.3, 0.4) is 0 Å². The fourth-order valence-corrected chi connectivity index (χ4v) is 3.59. The van der Waals surface area contributed by atoms with Crippen molar-refractivity contribution in [3.8, 4) is 0 Å². The second-order valence-electron chi connectivity index (χ2n) is 7.06. The highest BCUT2D eigenvalue weighted by atomic mass is 32.2. The van der Waals surface area contributed by atoms with E-state index >= 15 is 0 Å². The number of hydrogen-bond donors (Lipinski definition) is 4. The van der Waals surface area contributed by atoms with Crippen molar-refractivity contribution < 1.29 is 29.1 Å². The van der Waals surface area contributed by atoms with Gasteiger partial charge in [-0.3, -0.25) is 0 Å². The molecule has 8 heteroatoms. The average Bonchev–Trinajstić information content (AvgIpc) is 2.62. The Morgan fingerprint density at radius 3 is 1.54 bits per heavy atom. The Morgan fingerprint density at radius 2 is 1.07 bits per heavy atom. The first-order chi connectivity index (χ1) is 13.4. The third-order valence-electron chi connectivity index (χ3n) is 4.17. The lowest BCUT2D eigenvalue weighted by atomic mass is 10.1. The fourth-order valence-electron chi connectivity index (χ4n) is 2.65. The molecule has 28 heavy (non-hydrogen) atoms. The van der Waals surface area contributed by atoms with Gasteiger partial charge in [0.25, 0.3) is 0 Å². The predicted octanol–water partition coefficient (Wildman–Crippen LogP) is 5.28. The van der Waals surface area contributed by atoms with Gasteiger partial charge in [-0.15, -0.1) is 0 Å². The number of phosphoric acid groups is 1. The Bertz CT molecular complexity index is 300. The minimum atomic E-state index is -4.64. The van der Waals surface area contributed by atoms with Gasteiger partial charge in [0, 0.05) is 19.8 Å². The molecular formula is C20H45O6PS. The van der Waals surface area contributed by atoms with Crippen molar-refractivity contribution in [2.45, 2.75) is 96.8 Å². The Labute approximate surface area is 177 Å². The molecule has 0 fully saturated rings. The van der Waals surface area contributed by atoms with E-state index in [0.717, 1.165) is 25.4 Å². The van der Waals surface area contributed by atoms with Gasteiger partial charge in [0.2, 0.25) is 0 Å². The van der Waals surface area contributed by atoms with E-state index in [1.165, 1.54) is 89.2 Å². The van der Waals surface area contributed by atoms with Crippen LogP contribution in [0.15, 0.2) is 0 Å². The number of thioether (sulfide) groups is 1. The van der Waals surface area contributed by atoms with Gasteiger partial charge in [0.1, 0.15) is 0 Å². The molecule has 0 saturated carbocycles. The second kappa shape index (κ2) is 25.4. The van der Waals surface area contributed by atoms with E-state index in [1.54, 1.807) is 0 Å². The number of aliphatic hydroxyl groups is 1. The summed E-state index contributed by atoms with van der Waals surface area (Å²) in [5.74, 6) is 2.40. The Morgan fingerprint density at radius 1 is 0.679 bits per heavy atom. The van der Waals surface area contributed by atoms with Crippen LogP contribution in [0.2, 0.25) is 0 Å². The van der Waals surface area contributed by atoms with Gasteiger partial charge in [-0.2, -0.15) is 11.8 Å². The summed E-state index contributed by atoms with van der Waals surface area (Å²) in [5, 5.41) is 8.69. The van der Waals surface area contributed by atoms with Crippen LogP contribution in [-0.2, 0) is 9.30 Å². The van der Waals surface area contributed by atoms with Crippen molar-refractivity contribution in [3.63, 3.8) is 0 Å². The molecular weight excluding hydrogens is 399 g/mol. The zero-order valence-corrected chi connectivity index (χ0v) is 19.6. The van der Waals surface area contributed by atoms with E-state index in [1.807, 2.05) is 11.8 Å². The summed E-state index contributed by atoms with van der Waals surface area (Å²) in [7, 11) is -4.64. The van der Waals surface area contributed by atoms with Gasteiger partial charge in [0.05, 0.1) is 0 Å². The molecule has 0 aliphatic heterocycles. The Balaban J connectivity index is 0. The maximum absolute atomic E-state index is 8.88. The van der Waals surface area contributed by atoms with Gasteiger partial charge < -0.3 is 24.5 Å². The SMILES string of the molecule is CCCCCCOCCCCCCCCCCCSCCCO.O=P(O)(O)O. The van der Waals surface area contributed by atoms with Crippen LogP contribution in [0.1, 0.15) is 96.8 Å². The van der Waals surface area contributed by atoms with Crippen LogP contribution >= 0.6 is 19.6 Å². The van der Waals surface area contributed by atoms with E-state index in [4.69, 9.17) is 29.1 Å². The molecule has 0 amide bonds. The van der Waals surface area contributed by atoms with E-state index in [0.29, 0.717) is 6.61 Å². The van der Waals surface area contributed by atoms with Crippen molar-refractivity contribution >= 4 is 19.6 Å². The third-order valence-corrected chi connectivity index (χ3v) is 5.32. The van der Waals surface area contributed by atoms with E-state index < -0.39 is 7.82 Å². The van der Waals surface area contributed by atoms with Gasteiger partial charge in [-0.05, 0) is 37.2 Å². The van der Waals surface area contributed by atoms with Crippen LogP contribution in [0.4, 0.5) is 0 Å². The molecule has 0 radical (unpaired) electrons. The highest BCUT2D eigenvalue weighted by molar-refractivity contribution is 7.99. The van der Waals surface area contributed by atoms with E-state index in [9.17, 15) is 0 Å². The maximum atomic E-state index is 8.88. The topological polar surface area (TPSA) is 107 Å². The molecule has 0 bridgehead atoms. The van der Waals surface area contributed by atoms with Crippen molar-refractivity contribution in [2.24, 2.45) is 0 Å². The van der Waals surface area contributed by atoms with Crippen molar-refractivity contribution in [1.82, 2.24) is 0 Å². The van der Waals surface area contributed by atoms with Crippen LogP contribution in [-0.4, -0.2) is 51.1 Å². The van der Waals surface area contributed by atoms with Crippen LogP contribution in [0.25, 0.3) is 0 Å². The molecule has 6 nitrogen and oxygen atoms in total. The molecule has 0 aromatic heterocycles. The lowest BCUT2D eigenvalue weighted by Gasteiger charge is -2.05. The molecule has 0 heterocycles. The molecule has 0 aliphatic rings. The molecule has 0 atom stereocenters. The summed E-state index contributed by atoms with van der Waals surface area (Å²) in [6.07, 6.45) is 18.5. The summed E-state index contributed by atoms with van der Waals surface area (Å²) in [6, 6.07) is 0. The van der Waals surface area contributed by atoms with Crippen LogP contribution in [0.5, 0.6) is 0 Å². The first kappa shape index (κ1) is 30.6. The molecule has 0 saturated heterocycles. The number of ether oxygens (including phenoxy) is 1. The monoisotopic (exact) mass is 444 g/mol. The van der Waals surface area contributed by atoms with Gasteiger partial charge >= 0.3 is 7.82 Å². The Hall–Kier alpha value is 0.380. The van der Waals surface area contributed by atoms with Crippen molar-refractivity contribution in [2.75, 3.05) is 31.3 Å². The number of unbranched alkanes of at least 4 members (excludes halogenated alkanes) is 11. The molecule has 0 aromatic rings. The number of rotatable bonds is 20. The molecule has 0 rings (SSSR count). The highest BCUT2D eigenvalue weighted by Gasteiger charge is 2.00. The molecule has 4 N–H and O–H groups in total. The molecule has 0 unspecified atom stereocenters. The lowest BCUT2D eigenvalue weighted by Crippen LogP contribution is -1.97. The quantitative estimate of drug-likeness (QED) is 0.149. The van der Waals surface area contributed by atoms with Crippen LogP contribution in [0, 0.1) is 0 Å². The maximum Gasteiger partial charge on any atom is 0.466 e. The fraction of sp³-hybridized carbons (Fsp3) is 1.00. The number of aliphatic hydroxyl groups excluding tert-OH is 1. The lowest BCUT2D eigenvalue weighted by molar-refractivity contribution is 0.125. The zero-order chi connectivity index (χ0) is 21.3. The van der Waals surface area contributed by atoms with E-state index in [2.05, 4.69) is 6.92 Å². The van der Waals surface area contributed by atoms with Crippen molar-refractivity contribution in [3.05, 3.63) is 0 Å². The largest absolute Gasteiger partial charge is 0.466 e. The van der Waals surface area contributed by atoms with Gasteiger partial charge in [-0.1, -0.05) is 71.1 Å². The predicted molar refractivity (Wildman–Crippen MR) is 120 cm³/mol. The average molecular weight is 445 g/mol. The summed E-state index contributed by atoms with van der Waals surface area (Å²) in [4.78, 5) is 21.6. The summed E-state index contributed by atoms with van der Waals surface area (Å²) in [6.45, 7) is 4.54.